The first kappa shape index (κ1) is 15.6. The van der Waals surface area contributed by atoms with Gasteiger partial charge in [-0.15, -0.1) is 0 Å². The number of nitro benzene ring substituents is 1. The fourth-order valence-electron chi connectivity index (χ4n) is 1.65. The van der Waals surface area contributed by atoms with Gasteiger partial charge < -0.3 is 0 Å². The van der Waals surface area contributed by atoms with Crippen molar-refractivity contribution in [3.63, 3.8) is 0 Å². The molecule has 106 valence electrons. The van der Waals surface area contributed by atoms with Gasteiger partial charge in [0.2, 0.25) is 10.0 Å². The number of sulfonamides is 1. The third-order valence-electron chi connectivity index (χ3n) is 2.55. The summed E-state index contributed by atoms with van der Waals surface area (Å²) in [5.74, 6) is 0. The van der Waals surface area contributed by atoms with E-state index in [1.54, 1.807) is 34.6 Å². The minimum atomic E-state index is -3.78. The number of aryl methyl sites for hydroxylation is 1. The Labute approximate surface area is 113 Å². The summed E-state index contributed by atoms with van der Waals surface area (Å²) in [5, 5.41) is 10.8. The van der Waals surface area contributed by atoms with E-state index in [4.69, 9.17) is 0 Å². The molecule has 19 heavy (non-hydrogen) atoms. The van der Waals surface area contributed by atoms with Crippen LogP contribution in [0.2, 0.25) is 0 Å². The Bertz CT molecular complexity index is 615. The number of hydrogen-bond acceptors (Lipinski definition) is 4. The summed E-state index contributed by atoms with van der Waals surface area (Å²) in [5.41, 5.74) is 0.215. The Morgan fingerprint density at radius 2 is 1.74 bits per heavy atom. The minimum absolute atomic E-state index is 0.0471. The molecule has 0 aromatic heterocycles. The second-order valence-corrected chi connectivity index (χ2v) is 7.15. The summed E-state index contributed by atoms with van der Waals surface area (Å²) in [7, 11) is -3.78. The van der Waals surface area contributed by atoms with Crippen LogP contribution in [0.4, 0.5) is 5.69 Å². The van der Waals surface area contributed by atoms with Crippen LogP contribution < -0.4 is 4.72 Å². The standard InChI is InChI=1S/C12H18N2O4S/c1-8-6-10(14(15)16)7-11(9(8)2)19(17,18)13-12(3,4)5/h6-7,13H,1-5H3. The highest BCUT2D eigenvalue weighted by molar-refractivity contribution is 7.89. The second-order valence-electron chi connectivity index (χ2n) is 5.50. The number of nitro groups is 1. The number of non-ortho nitro benzene ring substituents is 1. The number of nitrogens with zero attached hydrogens (tertiary/aromatic N) is 1. The highest BCUT2D eigenvalue weighted by Crippen LogP contribution is 2.26. The van der Waals surface area contributed by atoms with E-state index in [0.717, 1.165) is 6.07 Å². The van der Waals surface area contributed by atoms with Crippen molar-refractivity contribution in [1.29, 1.82) is 0 Å². The van der Waals surface area contributed by atoms with Crippen molar-refractivity contribution in [2.45, 2.75) is 45.1 Å². The monoisotopic (exact) mass is 286 g/mol. The second kappa shape index (κ2) is 4.90. The van der Waals surface area contributed by atoms with Gasteiger partial charge in [-0.1, -0.05) is 0 Å². The van der Waals surface area contributed by atoms with Gasteiger partial charge in [0.05, 0.1) is 9.82 Å². The molecule has 0 aliphatic heterocycles. The lowest BCUT2D eigenvalue weighted by Gasteiger charge is -2.21. The van der Waals surface area contributed by atoms with Crippen LogP contribution >= 0.6 is 0 Å². The molecule has 0 radical (unpaired) electrons. The quantitative estimate of drug-likeness (QED) is 0.682. The van der Waals surface area contributed by atoms with Crippen LogP contribution in [0.3, 0.4) is 0 Å². The molecule has 0 fully saturated rings. The lowest BCUT2D eigenvalue weighted by Crippen LogP contribution is -2.40. The van der Waals surface area contributed by atoms with Gasteiger partial charge >= 0.3 is 0 Å². The fourth-order valence-corrected chi connectivity index (χ4v) is 3.41. The van der Waals surface area contributed by atoms with Crippen molar-refractivity contribution in [2.75, 3.05) is 0 Å². The molecule has 0 atom stereocenters. The molecule has 1 rings (SSSR count). The van der Waals surface area contributed by atoms with E-state index in [9.17, 15) is 18.5 Å². The van der Waals surface area contributed by atoms with E-state index in [1.807, 2.05) is 0 Å². The molecule has 0 amide bonds. The van der Waals surface area contributed by atoms with Crippen molar-refractivity contribution in [1.82, 2.24) is 4.72 Å². The van der Waals surface area contributed by atoms with Crippen molar-refractivity contribution in [2.24, 2.45) is 0 Å². The zero-order valence-electron chi connectivity index (χ0n) is 11.6. The summed E-state index contributed by atoms with van der Waals surface area (Å²) >= 11 is 0. The predicted octanol–water partition coefficient (Wildman–Crippen LogP) is 2.29. The van der Waals surface area contributed by atoms with Gasteiger partial charge in [0.25, 0.3) is 5.69 Å². The lowest BCUT2D eigenvalue weighted by molar-refractivity contribution is -0.385. The summed E-state index contributed by atoms with van der Waals surface area (Å²) < 4.78 is 27.0. The van der Waals surface area contributed by atoms with E-state index < -0.39 is 20.5 Å². The maximum Gasteiger partial charge on any atom is 0.271 e. The Morgan fingerprint density at radius 1 is 1.21 bits per heavy atom. The van der Waals surface area contributed by atoms with Crippen LogP contribution in [0.15, 0.2) is 17.0 Å². The zero-order valence-corrected chi connectivity index (χ0v) is 12.5. The average Bonchev–Trinajstić information content (AvgIpc) is 2.17. The van der Waals surface area contributed by atoms with Gasteiger partial charge in [-0.2, -0.15) is 0 Å². The van der Waals surface area contributed by atoms with Crippen LogP contribution in [-0.4, -0.2) is 18.9 Å². The van der Waals surface area contributed by atoms with Crippen LogP contribution in [0.5, 0.6) is 0 Å². The normalized spacial score (nSPS) is 12.5. The minimum Gasteiger partial charge on any atom is -0.258 e. The van der Waals surface area contributed by atoms with Gasteiger partial charge in [-0.25, -0.2) is 13.1 Å². The molecule has 0 saturated heterocycles. The Balaban J connectivity index is 3.46. The number of hydrogen-bond donors (Lipinski definition) is 1. The van der Waals surface area contributed by atoms with Crippen molar-refractivity contribution < 1.29 is 13.3 Å². The van der Waals surface area contributed by atoms with E-state index in [0.29, 0.717) is 11.1 Å². The van der Waals surface area contributed by atoms with Gasteiger partial charge in [0.1, 0.15) is 0 Å². The maximum absolute atomic E-state index is 12.3. The fraction of sp³-hybridized carbons (Fsp3) is 0.500. The van der Waals surface area contributed by atoms with Crippen LogP contribution in [0, 0.1) is 24.0 Å². The highest BCUT2D eigenvalue weighted by Gasteiger charge is 2.26. The molecule has 0 aliphatic carbocycles. The largest absolute Gasteiger partial charge is 0.271 e. The Morgan fingerprint density at radius 3 is 2.16 bits per heavy atom. The molecule has 0 bridgehead atoms. The smallest absolute Gasteiger partial charge is 0.258 e. The number of rotatable bonds is 3. The van der Waals surface area contributed by atoms with Crippen molar-refractivity contribution >= 4 is 15.7 Å². The first-order chi connectivity index (χ1) is 8.44. The summed E-state index contributed by atoms with van der Waals surface area (Å²) in [6.07, 6.45) is 0. The third-order valence-corrected chi connectivity index (χ3v) is 4.43. The number of nitrogens with one attached hydrogen (secondary N) is 1. The highest BCUT2D eigenvalue weighted by atomic mass is 32.2. The molecule has 0 aliphatic rings. The SMILES string of the molecule is Cc1cc([N+](=O)[O-])cc(S(=O)(=O)NC(C)(C)C)c1C. The maximum atomic E-state index is 12.3. The van der Waals surface area contributed by atoms with E-state index >= 15 is 0 Å². The number of benzene rings is 1. The molecule has 0 unspecified atom stereocenters. The zero-order chi connectivity index (χ0) is 15.0. The molecule has 0 heterocycles. The molecular formula is C12H18N2O4S. The molecule has 1 aromatic rings. The van der Waals surface area contributed by atoms with Gasteiger partial charge in [-0.05, 0) is 45.7 Å². The summed E-state index contributed by atoms with van der Waals surface area (Å²) in [6.45, 7) is 8.42. The molecule has 0 spiro atoms. The molecule has 0 saturated carbocycles. The van der Waals surface area contributed by atoms with Crippen LogP contribution in [-0.2, 0) is 10.0 Å². The van der Waals surface area contributed by atoms with E-state index in [2.05, 4.69) is 4.72 Å². The van der Waals surface area contributed by atoms with Crippen molar-refractivity contribution in [3.05, 3.63) is 33.4 Å². The van der Waals surface area contributed by atoms with Gasteiger partial charge in [-0.3, -0.25) is 10.1 Å². The van der Waals surface area contributed by atoms with Gasteiger partial charge in [0.15, 0.2) is 0 Å². The summed E-state index contributed by atoms with van der Waals surface area (Å²) in [6, 6.07) is 2.46. The molecule has 7 heteroatoms. The molecular weight excluding hydrogens is 268 g/mol. The van der Waals surface area contributed by atoms with Crippen LogP contribution in [0.1, 0.15) is 31.9 Å². The lowest BCUT2D eigenvalue weighted by atomic mass is 10.1. The average molecular weight is 286 g/mol. The van der Waals surface area contributed by atoms with Gasteiger partial charge in [0, 0.05) is 17.7 Å². The van der Waals surface area contributed by atoms with Crippen molar-refractivity contribution in [3.8, 4) is 0 Å². The first-order valence-corrected chi connectivity index (χ1v) is 7.22. The topological polar surface area (TPSA) is 89.3 Å². The van der Waals surface area contributed by atoms with E-state index in [-0.39, 0.29) is 10.6 Å². The van der Waals surface area contributed by atoms with Crippen LogP contribution in [0.25, 0.3) is 0 Å². The molecule has 6 nitrogen and oxygen atoms in total. The molecule has 1 aromatic carbocycles. The Hall–Kier alpha value is -1.47. The first-order valence-electron chi connectivity index (χ1n) is 5.74. The third kappa shape index (κ3) is 3.74. The van der Waals surface area contributed by atoms with E-state index in [1.165, 1.54) is 6.07 Å². The Kier molecular flexibility index (Phi) is 4.02. The summed E-state index contributed by atoms with van der Waals surface area (Å²) in [4.78, 5) is 10.2. The predicted molar refractivity (Wildman–Crippen MR) is 72.6 cm³/mol. The molecule has 1 N–H and O–H groups in total.